The van der Waals surface area contributed by atoms with E-state index in [-0.39, 0.29) is 12.4 Å². The van der Waals surface area contributed by atoms with Crippen LogP contribution in [0.2, 0.25) is 0 Å². The van der Waals surface area contributed by atoms with Crippen molar-refractivity contribution in [1.82, 2.24) is 0 Å². The second kappa shape index (κ2) is 3.20. The monoisotopic (exact) mass is 244 g/mol. The van der Waals surface area contributed by atoms with Crippen LogP contribution in [0.4, 0.5) is 0 Å². The van der Waals surface area contributed by atoms with Crippen molar-refractivity contribution in [2.75, 3.05) is 6.61 Å². The first-order chi connectivity index (χ1) is 6.24. The third-order valence-corrected chi connectivity index (χ3v) is 3.04. The van der Waals surface area contributed by atoms with Gasteiger partial charge in [-0.3, -0.25) is 0 Å². The van der Waals surface area contributed by atoms with Gasteiger partial charge in [-0.05, 0) is 27.6 Å². The quantitative estimate of drug-likeness (QED) is 0.789. The van der Waals surface area contributed by atoms with Crippen LogP contribution >= 0.6 is 15.9 Å². The number of hydrogen-bond donors (Lipinski definition) is 2. The molecule has 70 valence electrons. The average Bonchev–Trinajstić information content (AvgIpc) is 2.59. The van der Waals surface area contributed by atoms with E-state index in [1.807, 2.05) is 0 Å². The summed E-state index contributed by atoms with van der Waals surface area (Å²) >= 11 is 3.23. The largest absolute Gasteiger partial charge is 0.506 e. The number of halogens is 1. The predicted molar refractivity (Wildman–Crippen MR) is 50.9 cm³/mol. The summed E-state index contributed by atoms with van der Waals surface area (Å²) < 4.78 is 5.85. The normalized spacial score (nSPS) is 14.0. The molecule has 0 amide bonds. The van der Waals surface area contributed by atoms with E-state index in [4.69, 9.17) is 9.84 Å². The summed E-state index contributed by atoms with van der Waals surface area (Å²) in [5, 5.41) is 18.7. The number of phenols is 1. The Labute approximate surface area is 84.1 Å². The Morgan fingerprint density at radius 3 is 3.00 bits per heavy atom. The van der Waals surface area contributed by atoms with Crippen LogP contribution in [0.25, 0.3) is 0 Å². The Balaban J connectivity index is 2.61. The minimum absolute atomic E-state index is 0.106. The molecule has 1 aliphatic rings. The molecule has 0 bridgehead atoms. The first-order valence-corrected chi connectivity index (χ1v) is 4.80. The molecule has 13 heavy (non-hydrogen) atoms. The lowest BCUT2D eigenvalue weighted by Gasteiger charge is -2.07. The molecule has 1 aromatic rings. The highest BCUT2D eigenvalue weighted by Gasteiger charge is 2.20. The topological polar surface area (TPSA) is 49.7 Å². The Morgan fingerprint density at radius 1 is 1.54 bits per heavy atom. The molecule has 0 aromatic heterocycles. The fourth-order valence-corrected chi connectivity index (χ4v) is 1.94. The predicted octanol–water partition coefficient (Wildman–Crippen LogP) is 1.58. The van der Waals surface area contributed by atoms with Crippen molar-refractivity contribution in [1.29, 1.82) is 0 Å². The van der Waals surface area contributed by atoms with Crippen molar-refractivity contribution in [2.45, 2.75) is 13.0 Å². The van der Waals surface area contributed by atoms with Gasteiger partial charge in [0.2, 0.25) is 0 Å². The molecule has 0 saturated carbocycles. The Morgan fingerprint density at radius 2 is 2.31 bits per heavy atom. The van der Waals surface area contributed by atoms with E-state index >= 15 is 0 Å². The van der Waals surface area contributed by atoms with Crippen LogP contribution in [-0.4, -0.2) is 16.8 Å². The summed E-state index contributed by atoms with van der Waals surface area (Å²) in [4.78, 5) is 0. The van der Waals surface area contributed by atoms with Gasteiger partial charge in [0.15, 0.2) is 0 Å². The van der Waals surface area contributed by atoms with E-state index in [1.165, 1.54) is 0 Å². The van der Waals surface area contributed by atoms with Crippen LogP contribution in [-0.2, 0) is 13.0 Å². The first kappa shape index (κ1) is 8.84. The highest BCUT2D eigenvalue weighted by molar-refractivity contribution is 9.10. The van der Waals surface area contributed by atoms with Gasteiger partial charge in [0.25, 0.3) is 0 Å². The van der Waals surface area contributed by atoms with E-state index in [0.717, 1.165) is 12.0 Å². The van der Waals surface area contributed by atoms with Crippen LogP contribution < -0.4 is 4.74 Å². The molecule has 1 aliphatic heterocycles. The van der Waals surface area contributed by atoms with Crippen LogP contribution in [0, 0.1) is 0 Å². The van der Waals surface area contributed by atoms with E-state index in [0.29, 0.717) is 22.4 Å². The molecule has 4 heteroatoms. The first-order valence-electron chi connectivity index (χ1n) is 4.01. The van der Waals surface area contributed by atoms with Gasteiger partial charge in [-0.2, -0.15) is 0 Å². The molecule has 2 rings (SSSR count). The second-order valence-electron chi connectivity index (χ2n) is 2.93. The van der Waals surface area contributed by atoms with Crippen LogP contribution in [0.5, 0.6) is 11.5 Å². The Kier molecular flexibility index (Phi) is 2.17. The molecule has 3 nitrogen and oxygen atoms in total. The van der Waals surface area contributed by atoms with Gasteiger partial charge in [-0.25, -0.2) is 0 Å². The van der Waals surface area contributed by atoms with Crippen LogP contribution in [0.15, 0.2) is 10.5 Å². The molecule has 0 fully saturated rings. The van der Waals surface area contributed by atoms with Gasteiger partial charge < -0.3 is 14.9 Å². The zero-order valence-electron chi connectivity index (χ0n) is 6.88. The summed E-state index contributed by atoms with van der Waals surface area (Å²) in [6, 6.07) is 1.76. The van der Waals surface area contributed by atoms with E-state index in [9.17, 15) is 5.11 Å². The Bertz CT molecular complexity index is 348. The van der Waals surface area contributed by atoms with E-state index in [2.05, 4.69) is 15.9 Å². The zero-order chi connectivity index (χ0) is 9.42. The summed E-state index contributed by atoms with van der Waals surface area (Å²) in [5.41, 5.74) is 1.47. The smallest absolute Gasteiger partial charge is 0.137 e. The summed E-state index contributed by atoms with van der Waals surface area (Å²) in [6.07, 6.45) is 0.728. The average molecular weight is 245 g/mol. The molecule has 0 radical (unpaired) electrons. The number of rotatable bonds is 1. The van der Waals surface area contributed by atoms with Crippen molar-refractivity contribution >= 4 is 15.9 Å². The number of fused-ring (bicyclic) bond motifs is 1. The zero-order valence-corrected chi connectivity index (χ0v) is 8.47. The van der Waals surface area contributed by atoms with Gasteiger partial charge >= 0.3 is 0 Å². The lowest BCUT2D eigenvalue weighted by Crippen LogP contribution is -1.89. The SMILES string of the molecule is OCc1cc2c(c(O)c1Br)CCO2. The number of aromatic hydroxyl groups is 1. The van der Waals surface area contributed by atoms with E-state index < -0.39 is 0 Å². The summed E-state index contributed by atoms with van der Waals surface area (Å²) in [7, 11) is 0. The number of ether oxygens (including phenoxy) is 1. The van der Waals surface area contributed by atoms with Crippen molar-refractivity contribution in [2.24, 2.45) is 0 Å². The van der Waals surface area contributed by atoms with Gasteiger partial charge in [0.1, 0.15) is 11.5 Å². The summed E-state index contributed by atoms with van der Waals surface area (Å²) in [6.45, 7) is 0.495. The maximum absolute atomic E-state index is 9.69. The Hall–Kier alpha value is -0.740. The molecule has 0 spiro atoms. The molecule has 1 heterocycles. The molecular formula is C9H9BrO3. The van der Waals surface area contributed by atoms with Crippen molar-refractivity contribution < 1.29 is 14.9 Å². The van der Waals surface area contributed by atoms with Crippen LogP contribution in [0.3, 0.4) is 0 Å². The van der Waals surface area contributed by atoms with Gasteiger partial charge in [0.05, 0.1) is 17.7 Å². The minimum Gasteiger partial charge on any atom is -0.506 e. The summed E-state index contributed by atoms with van der Waals surface area (Å²) in [5.74, 6) is 0.879. The molecule has 0 saturated heterocycles. The third kappa shape index (κ3) is 1.30. The van der Waals surface area contributed by atoms with Crippen molar-refractivity contribution in [3.05, 3.63) is 21.7 Å². The maximum atomic E-state index is 9.69. The highest BCUT2D eigenvalue weighted by atomic mass is 79.9. The van der Waals surface area contributed by atoms with Crippen molar-refractivity contribution in [3.63, 3.8) is 0 Å². The van der Waals surface area contributed by atoms with Gasteiger partial charge in [0, 0.05) is 12.0 Å². The lowest BCUT2D eigenvalue weighted by molar-refractivity contribution is 0.279. The molecule has 0 atom stereocenters. The number of hydrogen-bond acceptors (Lipinski definition) is 3. The second-order valence-corrected chi connectivity index (χ2v) is 3.72. The van der Waals surface area contributed by atoms with Gasteiger partial charge in [-0.1, -0.05) is 0 Å². The van der Waals surface area contributed by atoms with Gasteiger partial charge in [-0.15, -0.1) is 0 Å². The molecule has 1 aromatic carbocycles. The third-order valence-electron chi connectivity index (χ3n) is 2.16. The standard InChI is InChI=1S/C9H9BrO3/c10-8-5(4-11)3-7-6(9(8)12)1-2-13-7/h3,11-12H,1-2,4H2. The fraction of sp³-hybridized carbons (Fsp3) is 0.333. The number of phenolic OH excluding ortho intramolecular Hbond substituents is 1. The van der Waals surface area contributed by atoms with Crippen LogP contribution in [0.1, 0.15) is 11.1 Å². The van der Waals surface area contributed by atoms with Crippen molar-refractivity contribution in [3.8, 4) is 11.5 Å². The molecule has 0 aliphatic carbocycles. The highest BCUT2D eigenvalue weighted by Crippen LogP contribution is 2.40. The lowest BCUT2D eigenvalue weighted by atomic mass is 10.1. The minimum atomic E-state index is -0.106. The molecule has 2 N–H and O–H groups in total. The van der Waals surface area contributed by atoms with E-state index in [1.54, 1.807) is 6.07 Å². The molecular weight excluding hydrogens is 236 g/mol. The number of benzene rings is 1. The molecule has 0 unspecified atom stereocenters. The number of aliphatic hydroxyl groups is 1. The maximum Gasteiger partial charge on any atom is 0.137 e. The number of aliphatic hydroxyl groups excluding tert-OH is 1. The fourth-order valence-electron chi connectivity index (χ4n) is 1.46.